The number of hydrogen-bond donors (Lipinski definition) is 1. The first-order chi connectivity index (χ1) is 11.5. The highest BCUT2D eigenvalue weighted by molar-refractivity contribution is 7.90. The van der Waals surface area contributed by atoms with E-state index in [0.29, 0.717) is 5.69 Å². The Morgan fingerprint density at radius 3 is 2.62 bits per heavy atom. The second-order valence-electron chi connectivity index (χ2n) is 4.87. The van der Waals surface area contributed by atoms with E-state index in [9.17, 15) is 13.2 Å². The summed E-state index contributed by atoms with van der Waals surface area (Å²) < 4.78 is 31.0. The topological polar surface area (TPSA) is 120 Å². The fourth-order valence-corrected chi connectivity index (χ4v) is 3.17. The molecule has 1 amide bonds. The van der Waals surface area contributed by atoms with Crippen LogP contribution in [0.5, 0.6) is 0 Å². The molecule has 2 heterocycles. The summed E-state index contributed by atoms with van der Waals surface area (Å²) in [4.78, 5) is 12.2. The van der Waals surface area contributed by atoms with Gasteiger partial charge < -0.3 is 4.42 Å². The zero-order chi connectivity index (χ0) is 17.2. The molecule has 3 rings (SSSR count). The fourth-order valence-electron chi connectivity index (χ4n) is 1.99. The van der Waals surface area contributed by atoms with E-state index in [1.165, 1.54) is 29.1 Å². The Labute approximate surface area is 137 Å². The summed E-state index contributed by atoms with van der Waals surface area (Å²) >= 11 is 0. The Kier molecular flexibility index (Phi) is 4.13. The number of hydrogen-bond acceptors (Lipinski definition) is 7. The fraction of sp³-hybridized carbons (Fsp3) is 0.143. The smallest absolute Gasteiger partial charge is 0.322 e. The number of carbonyl (C=O) groups is 1. The number of carbonyl (C=O) groups excluding carboxylic acids is 1. The highest BCUT2D eigenvalue weighted by Crippen LogP contribution is 2.16. The number of sulfone groups is 1. The third-order valence-electron chi connectivity index (χ3n) is 3.16. The molecule has 24 heavy (non-hydrogen) atoms. The highest BCUT2D eigenvalue weighted by atomic mass is 32.2. The minimum Gasteiger partial charge on any atom is -0.407 e. The number of aryl methyl sites for hydroxylation is 1. The van der Waals surface area contributed by atoms with E-state index in [1.54, 1.807) is 25.2 Å². The van der Waals surface area contributed by atoms with Gasteiger partial charge in [0.25, 0.3) is 5.91 Å². The normalized spacial score (nSPS) is 11.4. The van der Waals surface area contributed by atoms with Crippen LogP contribution in [0.1, 0.15) is 16.4 Å². The molecule has 0 aliphatic heterocycles. The average molecular weight is 347 g/mol. The van der Waals surface area contributed by atoms with Crippen LogP contribution in [-0.2, 0) is 22.6 Å². The van der Waals surface area contributed by atoms with Crippen LogP contribution in [0, 0.1) is 0 Å². The molecule has 0 radical (unpaired) electrons. The van der Waals surface area contributed by atoms with Crippen molar-refractivity contribution in [3.8, 4) is 0 Å². The van der Waals surface area contributed by atoms with Gasteiger partial charge in [0, 0.05) is 13.2 Å². The predicted octanol–water partition coefficient (Wildman–Crippen LogP) is 1.03. The second-order valence-corrected chi connectivity index (χ2v) is 6.86. The molecule has 124 valence electrons. The van der Waals surface area contributed by atoms with Gasteiger partial charge in [-0.15, -0.1) is 5.10 Å². The lowest BCUT2D eigenvalue weighted by molar-refractivity contribution is 0.101. The lowest BCUT2D eigenvalue weighted by atomic mass is 10.4. The van der Waals surface area contributed by atoms with Crippen molar-refractivity contribution in [2.75, 3.05) is 5.32 Å². The molecule has 3 aromatic rings. The molecule has 0 spiro atoms. The van der Waals surface area contributed by atoms with Crippen molar-refractivity contribution >= 4 is 21.8 Å². The van der Waals surface area contributed by atoms with E-state index in [1.807, 2.05) is 0 Å². The van der Waals surface area contributed by atoms with Gasteiger partial charge in [0.05, 0.1) is 4.90 Å². The van der Waals surface area contributed by atoms with Crippen LogP contribution in [0.2, 0.25) is 0 Å². The van der Waals surface area contributed by atoms with Crippen molar-refractivity contribution in [3.63, 3.8) is 0 Å². The summed E-state index contributed by atoms with van der Waals surface area (Å²) in [6.07, 6.45) is 1.47. The van der Waals surface area contributed by atoms with Crippen LogP contribution in [0.25, 0.3) is 0 Å². The minimum atomic E-state index is -3.60. The van der Waals surface area contributed by atoms with Gasteiger partial charge in [-0.25, -0.2) is 8.42 Å². The molecule has 0 bridgehead atoms. The molecule has 1 N–H and O–H groups in total. The molecule has 0 saturated heterocycles. The number of benzene rings is 1. The lowest BCUT2D eigenvalue weighted by Crippen LogP contribution is -2.16. The number of nitrogens with zero attached hydrogens (tertiary/aromatic N) is 4. The Morgan fingerprint density at radius 1 is 1.21 bits per heavy atom. The van der Waals surface area contributed by atoms with Gasteiger partial charge in [0.2, 0.25) is 5.89 Å². The van der Waals surface area contributed by atoms with E-state index in [4.69, 9.17) is 4.42 Å². The Hall–Kier alpha value is -3.01. The maximum Gasteiger partial charge on any atom is 0.322 e. The monoisotopic (exact) mass is 347 g/mol. The van der Waals surface area contributed by atoms with Gasteiger partial charge in [0.1, 0.15) is 11.4 Å². The lowest BCUT2D eigenvalue weighted by Gasteiger charge is -2.01. The summed E-state index contributed by atoms with van der Waals surface area (Å²) in [5, 5.41) is 13.6. The summed E-state index contributed by atoms with van der Waals surface area (Å²) in [5.41, 5.74) is 0.298. The van der Waals surface area contributed by atoms with Gasteiger partial charge in [-0.3, -0.25) is 14.8 Å². The quantitative estimate of drug-likeness (QED) is 0.732. The van der Waals surface area contributed by atoms with Gasteiger partial charge in [-0.2, -0.15) is 5.10 Å². The Balaban J connectivity index is 1.72. The van der Waals surface area contributed by atoms with Crippen molar-refractivity contribution in [2.45, 2.75) is 10.6 Å². The standard InChI is InChI=1S/C14H13N5O4S/c1-19-11(7-8-15-19)13(20)16-14-18-17-12(23-14)9-24(21,22)10-5-3-2-4-6-10/h2-8H,9H2,1H3,(H,16,18,20). The van der Waals surface area contributed by atoms with Crippen LogP contribution >= 0.6 is 0 Å². The van der Waals surface area contributed by atoms with E-state index in [-0.39, 0.29) is 16.8 Å². The van der Waals surface area contributed by atoms with Crippen LogP contribution < -0.4 is 5.32 Å². The molecule has 1 aromatic carbocycles. The van der Waals surface area contributed by atoms with Crippen LogP contribution in [0.3, 0.4) is 0 Å². The zero-order valence-corrected chi connectivity index (χ0v) is 13.4. The summed E-state index contributed by atoms with van der Waals surface area (Å²) in [5.74, 6) is -1.05. The molecule has 0 fully saturated rings. The maximum absolute atomic E-state index is 12.2. The summed E-state index contributed by atoms with van der Waals surface area (Å²) in [6, 6.07) is 9.28. The summed E-state index contributed by atoms with van der Waals surface area (Å²) in [6.45, 7) is 0. The van der Waals surface area contributed by atoms with E-state index >= 15 is 0 Å². The molecule has 0 aliphatic rings. The largest absolute Gasteiger partial charge is 0.407 e. The number of nitrogens with one attached hydrogen (secondary N) is 1. The number of rotatable bonds is 5. The Bertz CT molecular complexity index is 962. The summed E-state index contributed by atoms with van der Waals surface area (Å²) in [7, 11) is -1.99. The van der Waals surface area contributed by atoms with Crippen molar-refractivity contribution in [2.24, 2.45) is 7.05 Å². The van der Waals surface area contributed by atoms with E-state index in [2.05, 4.69) is 20.6 Å². The zero-order valence-electron chi connectivity index (χ0n) is 12.6. The highest BCUT2D eigenvalue weighted by Gasteiger charge is 2.20. The molecule has 9 nitrogen and oxygen atoms in total. The molecular weight excluding hydrogens is 334 g/mol. The predicted molar refractivity (Wildman–Crippen MR) is 82.8 cm³/mol. The van der Waals surface area contributed by atoms with E-state index in [0.717, 1.165) is 0 Å². The number of aromatic nitrogens is 4. The minimum absolute atomic E-state index is 0.112. The number of anilines is 1. The van der Waals surface area contributed by atoms with Gasteiger partial charge in [-0.1, -0.05) is 23.3 Å². The molecule has 10 heteroatoms. The van der Waals surface area contributed by atoms with Crippen molar-refractivity contribution in [1.82, 2.24) is 20.0 Å². The van der Waals surface area contributed by atoms with Gasteiger partial charge in [0.15, 0.2) is 9.84 Å². The van der Waals surface area contributed by atoms with Crippen molar-refractivity contribution in [1.29, 1.82) is 0 Å². The molecular formula is C14H13N5O4S. The number of amides is 1. The van der Waals surface area contributed by atoms with E-state index < -0.39 is 21.5 Å². The van der Waals surface area contributed by atoms with Crippen molar-refractivity contribution in [3.05, 3.63) is 54.2 Å². The Morgan fingerprint density at radius 2 is 1.96 bits per heavy atom. The van der Waals surface area contributed by atoms with Crippen LogP contribution in [0.15, 0.2) is 51.9 Å². The van der Waals surface area contributed by atoms with Gasteiger partial charge >= 0.3 is 6.01 Å². The van der Waals surface area contributed by atoms with Crippen LogP contribution in [0.4, 0.5) is 6.01 Å². The molecule has 0 saturated carbocycles. The SMILES string of the molecule is Cn1nccc1C(=O)Nc1nnc(CS(=O)(=O)c2ccccc2)o1. The third-order valence-corrected chi connectivity index (χ3v) is 4.77. The molecule has 0 atom stereocenters. The maximum atomic E-state index is 12.2. The molecule has 0 unspecified atom stereocenters. The first kappa shape index (κ1) is 15.9. The first-order valence-corrected chi connectivity index (χ1v) is 8.50. The van der Waals surface area contributed by atoms with Gasteiger partial charge in [-0.05, 0) is 18.2 Å². The first-order valence-electron chi connectivity index (χ1n) is 6.85. The average Bonchev–Trinajstić information content (AvgIpc) is 3.17. The van der Waals surface area contributed by atoms with Crippen molar-refractivity contribution < 1.29 is 17.6 Å². The molecule has 0 aliphatic carbocycles. The second kappa shape index (κ2) is 6.24. The third kappa shape index (κ3) is 3.33. The molecule has 2 aromatic heterocycles. The van der Waals surface area contributed by atoms with Crippen LogP contribution in [-0.4, -0.2) is 34.3 Å².